The number of carboxylic acids is 1. The van der Waals surface area contributed by atoms with E-state index in [0.29, 0.717) is 5.56 Å². The van der Waals surface area contributed by atoms with Crippen LogP contribution in [0.4, 0.5) is 0 Å². The lowest BCUT2D eigenvalue weighted by atomic mass is 10.2. The van der Waals surface area contributed by atoms with Crippen LogP contribution < -0.4 is 5.11 Å². The summed E-state index contributed by atoms with van der Waals surface area (Å²) in [6.45, 7) is 1.54. The van der Waals surface area contributed by atoms with Gasteiger partial charge in [-0.1, -0.05) is 11.8 Å². The number of aryl methyl sites for hydroxylation is 1. The van der Waals surface area contributed by atoms with Crippen LogP contribution >= 0.6 is 0 Å². The Morgan fingerprint density at radius 3 is 2.82 bits per heavy atom. The number of nitrogens with zero attached hydrogens (tertiary/aromatic N) is 1. The van der Waals surface area contributed by atoms with E-state index >= 15 is 0 Å². The minimum atomic E-state index is -1.11. The Morgan fingerprint density at radius 1 is 1.73 bits per heavy atom. The number of aromatic nitrogens is 1. The summed E-state index contributed by atoms with van der Waals surface area (Å²) in [5.74, 6) is -1.38. The predicted octanol–water partition coefficient (Wildman–Crippen LogP) is 0.162. The molecule has 1 aromatic rings. The molecule has 0 spiro atoms. The molecule has 0 aromatic carbocycles. The molecule has 0 atom stereocenters. The minimum absolute atomic E-state index is 0.0652. The Bertz CT molecular complexity index is 296. The number of hydrogen-bond acceptors (Lipinski definition) is 3. The van der Waals surface area contributed by atoms with Crippen LogP contribution in [-0.4, -0.2) is 16.1 Å². The van der Waals surface area contributed by atoms with E-state index in [1.165, 1.54) is 13.0 Å². The van der Waals surface area contributed by atoms with Crippen molar-refractivity contribution in [2.24, 2.45) is 0 Å². The molecule has 1 heterocycles. The standard InChI is InChI=1S/C7H7NO3/c1-4-2-5(9)3-8-6(4)7(10)11/h2-3,9H,1H3,(H,10,11)/p-1. The Kier molecular flexibility index (Phi) is 1.76. The second-order valence-electron chi connectivity index (χ2n) is 2.14. The zero-order valence-corrected chi connectivity index (χ0v) is 5.87. The SMILES string of the molecule is Cc1cc([O-])cnc1C(=O)O. The first kappa shape index (κ1) is 7.53. The summed E-state index contributed by atoms with van der Waals surface area (Å²) in [6, 6.07) is 1.25. The third-order valence-electron chi connectivity index (χ3n) is 1.26. The molecule has 0 amide bonds. The summed E-state index contributed by atoms with van der Waals surface area (Å²) in [7, 11) is 0. The smallest absolute Gasteiger partial charge is 0.354 e. The van der Waals surface area contributed by atoms with Crippen LogP contribution in [0.5, 0.6) is 5.75 Å². The van der Waals surface area contributed by atoms with E-state index in [1.807, 2.05) is 0 Å². The molecule has 1 rings (SSSR count). The first-order valence-electron chi connectivity index (χ1n) is 2.98. The quantitative estimate of drug-likeness (QED) is 0.622. The fourth-order valence-electron chi connectivity index (χ4n) is 0.773. The summed E-state index contributed by atoms with van der Waals surface area (Å²) in [6.07, 6.45) is 0.996. The van der Waals surface area contributed by atoms with Crippen molar-refractivity contribution in [3.05, 3.63) is 23.5 Å². The maximum Gasteiger partial charge on any atom is 0.354 e. The zero-order valence-electron chi connectivity index (χ0n) is 5.87. The number of carbonyl (C=O) groups is 1. The van der Waals surface area contributed by atoms with E-state index < -0.39 is 5.97 Å². The minimum Gasteiger partial charge on any atom is -0.871 e. The van der Waals surface area contributed by atoms with E-state index in [-0.39, 0.29) is 11.4 Å². The predicted molar refractivity (Wildman–Crippen MR) is 35.4 cm³/mol. The van der Waals surface area contributed by atoms with Gasteiger partial charge in [0.15, 0.2) is 5.69 Å². The molecule has 1 aromatic heterocycles. The number of rotatable bonds is 1. The number of pyridine rings is 1. The zero-order chi connectivity index (χ0) is 8.43. The summed E-state index contributed by atoms with van der Waals surface area (Å²) in [5.41, 5.74) is 0.328. The van der Waals surface area contributed by atoms with Gasteiger partial charge in [-0.05, 0) is 12.5 Å². The second kappa shape index (κ2) is 2.57. The van der Waals surface area contributed by atoms with Gasteiger partial charge in [-0.25, -0.2) is 9.78 Å². The van der Waals surface area contributed by atoms with E-state index in [0.717, 1.165) is 6.20 Å². The van der Waals surface area contributed by atoms with E-state index in [4.69, 9.17) is 5.11 Å². The highest BCUT2D eigenvalue weighted by Gasteiger charge is 2.05. The molecule has 0 saturated heterocycles. The third-order valence-corrected chi connectivity index (χ3v) is 1.26. The van der Waals surface area contributed by atoms with Crippen molar-refractivity contribution in [2.45, 2.75) is 6.92 Å². The van der Waals surface area contributed by atoms with Crippen LogP contribution in [0, 0.1) is 6.92 Å². The molecule has 0 radical (unpaired) electrons. The second-order valence-corrected chi connectivity index (χ2v) is 2.14. The molecular weight excluding hydrogens is 146 g/mol. The van der Waals surface area contributed by atoms with Gasteiger partial charge >= 0.3 is 5.97 Å². The molecular formula is C7H6NO3-. The van der Waals surface area contributed by atoms with E-state index in [9.17, 15) is 9.90 Å². The highest BCUT2D eigenvalue weighted by Crippen LogP contribution is 2.09. The Balaban J connectivity index is 3.20. The fraction of sp³-hybridized carbons (Fsp3) is 0.143. The molecule has 0 fully saturated rings. The number of aromatic carboxylic acids is 1. The molecule has 0 unspecified atom stereocenters. The average molecular weight is 152 g/mol. The Labute approximate surface area is 63.1 Å². The first-order valence-corrected chi connectivity index (χ1v) is 2.98. The first-order chi connectivity index (χ1) is 5.11. The third kappa shape index (κ3) is 1.46. The summed E-state index contributed by atoms with van der Waals surface area (Å²) in [4.78, 5) is 13.8. The Morgan fingerprint density at radius 2 is 2.36 bits per heavy atom. The molecule has 0 saturated carbocycles. The molecule has 4 heteroatoms. The van der Waals surface area contributed by atoms with Gasteiger partial charge in [0.1, 0.15) is 0 Å². The van der Waals surface area contributed by atoms with Gasteiger partial charge in [0.2, 0.25) is 0 Å². The fourth-order valence-corrected chi connectivity index (χ4v) is 0.773. The van der Waals surface area contributed by atoms with Gasteiger partial charge in [0.25, 0.3) is 0 Å². The molecule has 4 nitrogen and oxygen atoms in total. The van der Waals surface area contributed by atoms with E-state index in [1.54, 1.807) is 0 Å². The van der Waals surface area contributed by atoms with Crippen LogP contribution in [0.3, 0.4) is 0 Å². The van der Waals surface area contributed by atoms with Crippen LogP contribution in [0.25, 0.3) is 0 Å². The van der Waals surface area contributed by atoms with Gasteiger partial charge in [0, 0.05) is 6.20 Å². The van der Waals surface area contributed by atoms with Gasteiger partial charge < -0.3 is 10.2 Å². The highest BCUT2D eigenvalue weighted by molar-refractivity contribution is 5.86. The van der Waals surface area contributed by atoms with E-state index in [2.05, 4.69) is 4.98 Å². The molecule has 11 heavy (non-hydrogen) atoms. The summed E-state index contributed by atoms with van der Waals surface area (Å²) < 4.78 is 0. The Hall–Kier alpha value is -1.58. The van der Waals surface area contributed by atoms with Crippen LogP contribution in [0.15, 0.2) is 12.3 Å². The van der Waals surface area contributed by atoms with Crippen LogP contribution in [-0.2, 0) is 0 Å². The van der Waals surface area contributed by atoms with Crippen molar-refractivity contribution in [1.29, 1.82) is 0 Å². The molecule has 0 aliphatic carbocycles. The van der Waals surface area contributed by atoms with Crippen molar-refractivity contribution in [3.8, 4) is 5.75 Å². The lowest BCUT2D eigenvalue weighted by Crippen LogP contribution is -2.04. The average Bonchev–Trinajstić information content (AvgIpc) is 1.85. The number of carboxylic acid groups (broad SMARTS) is 1. The van der Waals surface area contributed by atoms with Crippen molar-refractivity contribution in [2.75, 3.05) is 0 Å². The molecule has 0 bridgehead atoms. The monoisotopic (exact) mass is 152 g/mol. The highest BCUT2D eigenvalue weighted by atomic mass is 16.4. The largest absolute Gasteiger partial charge is 0.871 e. The lowest BCUT2D eigenvalue weighted by Gasteiger charge is -2.05. The maximum absolute atomic E-state index is 10.6. The van der Waals surface area contributed by atoms with Crippen molar-refractivity contribution in [3.63, 3.8) is 0 Å². The molecule has 58 valence electrons. The van der Waals surface area contributed by atoms with Gasteiger partial charge in [-0.15, -0.1) is 0 Å². The summed E-state index contributed by atoms with van der Waals surface area (Å²) >= 11 is 0. The molecule has 0 aliphatic rings. The van der Waals surface area contributed by atoms with Crippen molar-refractivity contribution in [1.82, 2.24) is 4.98 Å². The summed E-state index contributed by atoms with van der Waals surface area (Å²) in [5, 5.41) is 19.1. The molecule has 0 aliphatic heterocycles. The van der Waals surface area contributed by atoms with Crippen molar-refractivity contribution < 1.29 is 15.0 Å². The van der Waals surface area contributed by atoms with Gasteiger partial charge in [-0.3, -0.25) is 0 Å². The topological polar surface area (TPSA) is 73.2 Å². The molecule has 1 N–H and O–H groups in total. The number of hydrogen-bond donors (Lipinski definition) is 1. The van der Waals surface area contributed by atoms with Gasteiger partial charge in [-0.2, -0.15) is 0 Å². The van der Waals surface area contributed by atoms with Gasteiger partial charge in [0.05, 0.1) is 0 Å². The lowest BCUT2D eigenvalue weighted by molar-refractivity contribution is -0.268. The normalized spacial score (nSPS) is 9.55. The maximum atomic E-state index is 10.6. The van der Waals surface area contributed by atoms with Crippen LogP contribution in [0.1, 0.15) is 16.1 Å². The van der Waals surface area contributed by atoms with Crippen LogP contribution in [0.2, 0.25) is 0 Å². The van der Waals surface area contributed by atoms with Crippen molar-refractivity contribution >= 4 is 5.97 Å².